The van der Waals surface area contributed by atoms with E-state index in [1.807, 2.05) is 18.7 Å². The minimum absolute atomic E-state index is 0.0487. The fourth-order valence-electron chi connectivity index (χ4n) is 2.35. The Kier molecular flexibility index (Phi) is 4.95. The topological polar surface area (TPSA) is 55.6 Å². The van der Waals surface area contributed by atoms with Gasteiger partial charge in [0, 0.05) is 13.1 Å². The summed E-state index contributed by atoms with van der Waals surface area (Å²) in [5.74, 6) is 0.638. The maximum absolute atomic E-state index is 12.5. The van der Waals surface area contributed by atoms with Crippen LogP contribution in [0, 0.1) is 11.8 Å². The molecule has 0 aromatic carbocycles. The van der Waals surface area contributed by atoms with Gasteiger partial charge in [0.1, 0.15) is 0 Å². The Morgan fingerprint density at radius 3 is 2.59 bits per heavy atom. The third-order valence-electron chi connectivity index (χ3n) is 3.30. The molecule has 0 aliphatic carbocycles. The number of nitrogens with two attached hydrogens (primary N) is 1. The third kappa shape index (κ3) is 3.68. The second kappa shape index (κ2) is 5.83. The molecule has 1 atom stereocenters. The van der Waals surface area contributed by atoms with Crippen molar-refractivity contribution >= 4 is 5.91 Å². The van der Waals surface area contributed by atoms with Crippen molar-refractivity contribution in [3.8, 4) is 0 Å². The Morgan fingerprint density at radius 2 is 2.12 bits per heavy atom. The summed E-state index contributed by atoms with van der Waals surface area (Å²) in [5.41, 5.74) is 5.53. The monoisotopic (exact) mass is 242 g/mol. The predicted molar refractivity (Wildman–Crippen MR) is 68.6 cm³/mol. The number of morpholine rings is 1. The van der Waals surface area contributed by atoms with E-state index in [4.69, 9.17) is 10.5 Å². The average molecular weight is 242 g/mol. The molecule has 0 aromatic rings. The minimum atomic E-state index is -0.209. The van der Waals surface area contributed by atoms with Crippen molar-refractivity contribution in [1.82, 2.24) is 4.90 Å². The van der Waals surface area contributed by atoms with Crippen LogP contribution < -0.4 is 5.73 Å². The van der Waals surface area contributed by atoms with Crippen molar-refractivity contribution in [2.45, 2.75) is 39.7 Å². The van der Waals surface area contributed by atoms with Gasteiger partial charge in [0.15, 0.2) is 0 Å². The second-order valence-corrected chi connectivity index (χ2v) is 5.92. The van der Waals surface area contributed by atoms with Crippen LogP contribution in [0.2, 0.25) is 0 Å². The molecule has 1 aliphatic rings. The Balaban J connectivity index is 2.72. The molecule has 0 spiro atoms. The van der Waals surface area contributed by atoms with E-state index in [1.54, 1.807) is 0 Å². The molecule has 100 valence electrons. The molecular formula is C13H26N2O2. The zero-order chi connectivity index (χ0) is 13.1. The first kappa shape index (κ1) is 14.5. The van der Waals surface area contributed by atoms with Gasteiger partial charge in [-0.05, 0) is 26.2 Å². The summed E-state index contributed by atoms with van der Waals surface area (Å²) in [5, 5.41) is 0. The molecule has 1 rings (SSSR count). The lowest BCUT2D eigenvalue weighted by atomic mass is 9.93. The molecule has 1 fully saturated rings. The summed E-state index contributed by atoms with van der Waals surface area (Å²) in [4.78, 5) is 14.4. The maximum atomic E-state index is 12.5. The maximum Gasteiger partial charge on any atom is 0.227 e. The van der Waals surface area contributed by atoms with Crippen molar-refractivity contribution in [1.29, 1.82) is 0 Å². The van der Waals surface area contributed by atoms with E-state index in [9.17, 15) is 4.79 Å². The van der Waals surface area contributed by atoms with Gasteiger partial charge in [-0.25, -0.2) is 0 Å². The number of carbonyl (C=O) groups excluding carboxylic acids is 1. The van der Waals surface area contributed by atoms with E-state index < -0.39 is 0 Å². The van der Waals surface area contributed by atoms with Gasteiger partial charge < -0.3 is 15.4 Å². The summed E-state index contributed by atoms with van der Waals surface area (Å²) in [7, 11) is 0. The summed E-state index contributed by atoms with van der Waals surface area (Å²) >= 11 is 0. The van der Waals surface area contributed by atoms with Gasteiger partial charge in [0.2, 0.25) is 5.91 Å². The van der Waals surface area contributed by atoms with Gasteiger partial charge in [0.25, 0.3) is 0 Å². The molecule has 1 heterocycles. The molecule has 4 nitrogen and oxygen atoms in total. The molecular weight excluding hydrogens is 216 g/mol. The van der Waals surface area contributed by atoms with Gasteiger partial charge in [-0.3, -0.25) is 4.79 Å². The minimum Gasteiger partial charge on any atom is -0.377 e. The van der Waals surface area contributed by atoms with Gasteiger partial charge >= 0.3 is 0 Å². The zero-order valence-electron chi connectivity index (χ0n) is 11.5. The highest BCUT2D eigenvalue weighted by Crippen LogP contribution is 2.23. The number of hydrogen-bond acceptors (Lipinski definition) is 3. The normalized spacial score (nSPS) is 21.6. The average Bonchev–Trinajstić information content (AvgIpc) is 2.24. The highest BCUT2D eigenvalue weighted by Gasteiger charge is 2.36. The quantitative estimate of drug-likeness (QED) is 0.807. The van der Waals surface area contributed by atoms with Crippen molar-refractivity contribution in [2.24, 2.45) is 17.6 Å². The molecule has 17 heavy (non-hydrogen) atoms. The summed E-state index contributed by atoms with van der Waals surface area (Å²) < 4.78 is 5.43. The Bertz CT molecular complexity index is 264. The number of hydrogen-bond donors (Lipinski definition) is 1. The number of rotatable bonds is 4. The summed E-state index contributed by atoms with van der Waals surface area (Å²) in [6, 6.07) is 0. The lowest BCUT2D eigenvalue weighted by Gasteiger charge is -2.43. The van der Waals surface area contributed by atoms with Crippen LogP contribution in [0.15, 0.2) is 0 Å². The molecule has 1 amide bonds. The van der Waals surface area contributed by atoms with Crippen LogP contribution in [0.5, 0.6) is 0 Å². The van der Waals surface area contributed by atoms with Crippen LogP contribution in [0.3, 0.4) is 0 Å². The molecule has 4 heteroatoms. The van der Waals surface area contributed by atoms with E-state index in [0.717, 1.165) is 6.42 Å². The van der Waals surface area contributed by atoms with Crippen molar-refractivity contribution in [2.75, 3.05) is 26.3 Å². The van der Waals surface area contributed by atoms with Crippen LogP contribution >= 0.6 is 0 Å². The number of ether oxygens (including phenoxy) is 1. The summed E-state index contributed by atoms with van der Waals surface area (Å²) in [6.07, 6.45) is 0.864. The largest absolute Gasteiger partial charge is 0.377 e. The fourth-order valence-corrected chi connectivity index (χ4v) is 2.35. The first-order chi connectivity index (χ1) is 7.88. The molecule has 0 saturated carbocycles. The standard InChI is InChI=1S/C13H26N2O2/c1-10(2)7-11(8-14)12(16)15-5-6-17-9-13(15,3)4/h10-11H,5-9,14H2,1-4H3. The smallest absolute Gasteiger partial charge is 0.227 e. The molecule has 2 N–H and O–H groups in total. The molecule has 1 saturated heterocycles. The van der Waals surface area contributed by atoms with Gasteiger partial charge in [-0.15, -0.1) is 0 Å². The second-order valence-electron chi connectivity index (χ2n) is 5.92. The number of nitrogens with zero attached hydrogens (tertiary/aromatic N) is 1. The highest BCUT2D eigenvalue weighted by molar-refractivity contribution is 5.80. The van der Waals surface area contributed by atoms with Crippen molar-refractivity contribution in [3.05, 3.63) is 0 Å². The van der Waals surface area contributed by atoms with E-state index in [-0.39, 0.29) is 17.4 Å². The van der Waals surface area contributed by atoms with Crippen molar-refractivity contribution < 1.29 is 9.53 Å². The Labute approximate surface area is 104 Å². The van der Waals surface area contributed by atoms with E-state index in [1.165, 1.54) is 0 Å². The number of amides is 1. The molecule has 0 radical (unpaired) electrons. The van der Waals surface area contributed by atoms with Gasteiger partial charge in [0.05, 0.1) is 24.7 Å². The highest BCUT2D eigenvalue weighted by atomic mass is 16.5. The van der Waals surface area contributed by atoms with Crippen LogP contribution in [0.1, 0.15) is 34.1 Å². The van der Waals surface area contributed by atoms with Gasteiger partial charge in [-0.1, -0.05) is 13.8 Å². The third-order valence-corrected chi connectivity index (χ3v) is 3.30. The zero-order valence-corrected chi connectivity index (χ0v) is 11.5. The first-order valence-corrected chi connectivity index (χ1v) is 6.47. The predicted octanol–water partition coefficient (Wildman–Crippen LogP) is 1.24. The molecule has 1 unspecified atom stereocenters. The van der Waals surface area contributed by atoms with Gasteiger partial charge in [-0.2, -0.15) is 0 Å². The van der Waals surface area contributed by atoms with Crippen LogP contribution in [0.25, 0.3) is 0 Å². The number of carbonyl (C=O) groups is 1. The van der Waals surface area contributed by atoms with E-state index in [2.05, 4.69) is 13.8 Å². The fraction of sp³-hybridized carbons (Fsp3) is 0.923. The van der Waals surface area contributed by atoms with E-state index in [0.29, 0.717) is 32.2 Å². The molecule has 0 aromatic heterocycles. The van der Waals surface area contributed by atoms with Crippen LogP contribution in [0.4, 0.5) is 0 Å². The van der Waals surface area contributed by atoms with E-state index >= 15 is 0 Å². The lowest BCUT2D eigenvalue weighted by Crippen LogP contribution is -2.57. The van der Waals surface area contributed by atoms with Crippen molar-refractivity contribution in [3.63, 3.8) is 0 Å². The van der Waals surface area contributed by atoms with Crippen LogP contribution in [-0.4, -0.2) is 42.6 Å². The van der Waals surface area contributed by atoms with Crippen LogP contribution in [-0.2, 0) is 9.53 Å². The molecule has 1 aliphatic heterocycles. The lowest BCUT2D eigenvalue weighted by molar-refractivity contribution is -0.151. The Hall–Kier alpha value is -0.610. The first-order valence-electron chi connectivity index (χ1n) is 6.47. The SMILES string of the molecule is CC(C)CC(CN)C(=O)N1CCOCC1(C)C. The summed E-state index contributed by atoms with van der Waals surface area (Å²) in [6.45, 7) is 10.7. The molecule has 0 bridgehead atoms. The Morgan fingerprint density at radius 1 is 1.47 bits per heavy atom.